The molecule has 0 aliphatic carbocycles. The molecule has 2 heterocycles. The number of hydrogen-bond donors (Lipinski definition) is 3. The van der Waals surface area contributed by atoms with Crippen LogP contribution in [0.4, 0.5) is 17.3 Å². The van der Waals surface area contributed by atoms with Crippen molar-refractivity contribution in [2.24, 2.45) is 11.1 Å². The van der Waals surface area contributed by atoms with E-state index in [1.165, 1.54) is 6.33 Å². The van der Waals surface area contributed by atoms with Crippen LogP contribution >= 0.6 is 0 Å². The topological polar surface area (TPSA) is 102 Å². The van der Waals surface area contributed by atoms with Crippen molar-refractivity contribution >= 4 is 23.2 Å². The van der Waals surface area contributed by atoms with Crippen molar-refractivity contribution in [1.82, 2.24) is 9.97 Å². The zero-order valence-electron chi connectivity index (χ0n) is 13.4. The number of carbonyl (C=O) groups is 1. The second-order valence-electron chi connectivity index (χ2n) is 5.89. The van der Waals surface area contributed by atoms with Crippen molar-refractivity contribution < 1.29 is 9.53 Å². The molecule has 0 bridgehead atoms. The van der Waals surface area contributed by atoms with Crippen LogP contribution in [0, 0.1) is 5.41 Å². The van der Waals surface area contributed by atoms with Crippen molar-refractivity contribution in [3.63, 3.8) is 0 Å². The Morgan fingerprint density at radius 3 is 2.58 bits per heavy atom. The Balaban J connectivity index is 1.67. The Morgan fingerprint density at radius 2 is 1.88 bits per heavy atom. The summed E-state index contributed by atoms with van der Waals surface area (Å²) in [6.45, 7) is 1.54. The number of nitrogens with one attached hydrogen (secondary N) is 2. The molecule has 0 radical (unpaired) electrons. The summed E-state index contributed by atoms with van der Waals surface area (Å²) in [6.07, 6.45) is 2.72. The van der Waals surface area contributed by atoms with Crippen LogP contribution in [0.15, 0.2) is 42.7 Å². The number of ether oxygens (including phenoxy) is 1. The molecule has 2 aromatic rings. The smallest absolute Gasteiger partial charge is 0.225 e. The van der Waals surface area contributed by atoms with Crippen molar-refractivity contribution in [3.05, 3.63) is 42.7 Å². The average molecular weight is 327 g/mol. The predicted octanol–water partition coefficient (Wildman–Crippen LogP) is 1.91. The van der Waals surface area contributed by atoms with E-state index >= 15 is 0 Å². The number of nitrogens with two attached hydrogens (primary N) is 1. The minimum Gasteiger partial charge on any atom is -0.381 e. The number of benzene rings is 1. The number of aromatic nitrogens is 2. The lowest BCUT2D eigenvalue weighted by molar-refractivity contribution is -0.132. The first-order valence-electron chi connectivity index (χ1n) is 7.94. The number of primary amides is 1. The van der Waals surface area contributed by atoms with Gasteiger partial charge in [-0.1, -0.05) is 18.2 Å². The molecule has 0 spiro atoms. The van der Waals surface area contributed by atoms with Gasteiger partial charge in [0.15, 0.2) is 0 Å². The van der Waals surface area contributed by atoms with Gasteiger partial charge >= 0.3 is 0 Å². The normalized spacial score (nSPS) is 16.3. The van der Waals surface area contributed by atoms with Crippen LogP contribution in [0.25, 0.3) is 0 Å². The first-order chi connectivity index (χ1) is 11.7. The molecule has 0 unspecified atom stereocenters. The van der Waals surface area contributed by atoms with E-state index in [2.05, 4.69) is 20.6 Å². The van der Waals surface area contributed by atoms with Crippen LogP contribution in [0.2, 0.25) is 0 Å². The van der Waals surface area contributed by atoms with Crippen LogP contribution in [0.3, 0.4) is 0 Å². The van der Waals surface area contributed by atoms with E-state index < -0.39 is 5.41 Å². The van der Waals surface area contributed by atoms with E-state index in [0.29, 0.717) is 44.2 Å². The van der Waals surface area contributed by atoms with Crippen LogP contribution < -0.4 is 16.4 Å². The van der Waals surface area contributed by atoms with Gasteiger partial charge in [-0.15, -0.1) is 0 Å². The first-order valence-corrected chi connectivity index (χ1v) is 7.94. The highest BCUT2D eigenvalue weighted by Gasteiger charge is 2.38. The van der Waals surface area contributed by atoms with E-state index in [4.69, 9.17) is 10.5 Å². The number of anilines is 3. The highest BCUT2D eigenvalue weighted by molar-refractivity contribution is 5.81. The fourth-order valence-electron chi connectivity index (χ4n) is 2.72. The van der Waals surface area contributed by atoms with Gasteiger partial charge in [0.25, 0.3) is 0 Å². The maximum Gasteiger partial charge on any atom is 0.225 e. The summed E-state index contributed by atoms with van der Waals surface area (Å²) in [6, 6.07) is 11.6. The van der Waals surface area contributed by atoms with E-state index in [0.717, 1.165) is 5.69 Å². The SMILES string of the molecule is NC(=O)C1(CNc2cc(Nc3ccccc3)ncn2)CCOCC1. The quantitative estimate of drug-likeness (QED) is 0.749. The van der Waals surface area contributed by atoms with Gasteiger partial charge in [0.1, 0.15) is 18.0 Å². The van der Waals surface area contributed by atoms with Gasteiger partial charge in [-0.3, -0.25) is 4.79 Å². The third kappa shape index (κ3) is 3.80. The second-order valence-corrected chi connectivity index (χ2v) is 5.89. The lowest BCUT2D eigenvalue weighted by Gasteiger charge is -2.34. The molecule has 126 valence electrons. The molecule has 7 heteroatoms. The van der Waals surface area contributed by atoms with Crippen LogP contribution in [0.5, 0.6) is 0 Å². The van der Waals surface area contributed by atoms with Crippen LogP contribution in [0.1, 0.15) is 12.8 Å². The van der Waals surface area contributed by atoms with Gasteiger partial charge in [-0.25, -0.2) is 9.97 Å². The monoisotopic (exact) mass is 327 g/mol. The van der Waals surface area contributed by atoms with E-state index in [1.54, 1.807) is 6.07 Å². The lowest BCUT2D eigenvalue weighted by Crippen LogP contribution is -2.46. The summed E-state index contributed by atoms with van der Waals surface area (Å²) >= 11 is 0. The van der Waals surface area contributed by atoms with Crippen molar-refractivity contribution in [2.75, 3.05) is 30.4 Å². The standard InChI is InChI=1S/C17H21N5O2/c18-16(23)17(6-8-24-9-7-17)11-19-14-10-15(21-12-20-14)22-13-4-2-1-3-5-13/h1-5,10,12H,6-9,11H2,(H2,18,23)(H2,19,20,21,22). The highest BCUT2D eigenvalue weighted by atomic mass is 16.5. The molecule has 24 heavy (non-hydrogen) atoms. The molecule has 1 aromatic heterocycles. The number of rotatable bonds is 6. The van der Waals surface area contributed by atoms with Gasteiger partial charge in [-0.05, 0) is 25.0 Å². The molecule has 1 amide bonds. The third-order valence-corrected chi connectivity index (χ3v) is 4.29. The van der Waals surface area contributed by atoms with Crippen LogP contribution in [-0.4, -0.2) is 35.6 Å². The maximum atomic E-state index is 11.9. The molecule has 0 atom stereocenters. The van der Waals surface area contributed by atoms with Gasteiger partial charge in [0.05, 0.1) is 5.41 Å². The summed E-state index contributed by atoms with van der Waals surface area (Å²) in [5, 5.41) is 6.43. The third-order valence-electron chi connectivity index (χ3n) is 4.29. The first kappa shape index (κ1) is 16.2. The van der Waals surface area contributed by atoms with E-state index in [1.807, 2.05) is 30.3 Å². The molecule has 1 saturated heterocycles. The number of nitrogens with zero attached hydrogens (tertiary/aromatic N) is 2. The number of carbonyl (C=O) groups excluding carboxylic acids is 1. The zero-order valence-corrected chi connectivity index (χ0v) is 13.4. The molecule has 1 aliphatic rings. The molecule has 1 fully saturated rings. The number of para-hydroxylation sites is 1. The van der Waals surface area contributed by atoms with E-state index in [9.17, 15) is 4.79 Å². The Bertz CT molecular complexity index is 686. The minimum atomic E-state index is -0.587. The Hall–Kier alpha value is -2.67. The fraction of sp³-hybridized carbons (Fsp3) is 0.353. The molecule has 1 aromatic carbocycles. The largest absolute Gasteiger partial charge is 0.381 e. The van der Waals surface area contributed by atoms with Crippen molar-refractivity contribution in [2.45, 2.75) is 12.8 Å². The summed E-state index contributed by atoms with van der Waals surface area (Å²) < 4.78 is 5.34. The van der Waals surface area contributed by atoms with Crippen molar-refractivity contribution in [3.8, 4) is 0 Å². The zero-order chi connectivity index (χ0) is 16.8. The molecule has 0 saturated carbocycles. The van der Waals surface area contributed by atoms with Gasteiger partial charge in [0, 0.05) is 31.5 Å². The number of amides is 1. The van der Waals surface area contributed by atoms with Gasteiger partial charge in [0.2, 0.25) is 5.91 Å². The molecule has 4 N–H and O–H groups in total. The summed E-state index contributed by atoms with van der Waals surface area (Å²) in [5.41, 5.74) is 5.98. The van der Waals surface area contributed by atoms with Crippen molar-refractivity contribution in [1.29, 1.82) is 0 Å². The highest BCUT2D eigenvalue weighted by Crippen LogP contribution is 2.30. The Morgan fingerprint density at radius 1 is 1.17 bits per heavy atom. The van der Waals surface area contributed by atoms with E-state index in [-0.39, 0.29) is 5.91 Å². The molecule has 3 rings (SSSR count). The van der Waals surface area contributed by atoms with Gasteiger partial charge in [-0.2, -0.15) is 0 Å². The molecular formula is C17H21N5O2. The second kappa shape index (κ2) is 7.27. The Kier molecular flexibility index (Phi) is 4.90. The van der Waals surface area contributed by atoms with Crippen LogP contribution in [-0.2, 0) is 9.53 Å². The predicted molar refractivity (Wildman–Crippen MR) is 91.9 cm³/mol. The summed E-state index contributed by atoms with van der Waals surface area (Å²) in [7, 11) is 0. The number of hydrogen-bond acceptors (Lipinski definition) is 6. The average Bonchev–Trinajstić information content (AvgIpc) is 2.62. The molecular weight excluding hydrogens is 306 g/mol. The molecule has 1 aliphatic heterocycles. The summed E-state index contributed by atoms with van der Waals surface area (Å²) in [4.78, 5) is 20.3. The minimum absolute atomic E-state index is 0.296. The molecule has 7 nitrogen and oxygen atoms in total. The maximum absolute atomic E-state index is 11.9. The lowest BCUT2D eigenvalue weighted by atomic mass is 9.79. The van der Waals surface area contributed by atoms with Gasteiger partial charge < -0.3 is 21.1 Å². The Labute approximate surface area is 140 Å². The summed E-state index contributed by atoms with van der Waals surface area (Å²) in [5.74, 6) is 1.03. The fourth-order valence-corrected chi connectivity index (χ4v) is 2.72.